The number of carbonyl (C=O) groups excluding carboxylic acids is 1. The number of carbonyl (C=O) groups is 1. The van der Waals surface area contributed by atoms with Gasteiger partial charge in [-0.3, -0.25) is 14.8 Å². The number of nitrogens with zero attached hydrogens (tertiary/aromatic N) is 2. The number of aryl methyl sites for hydroxylation is 1. The molecule has 33 heavy (non-hydrogen) atoms. The maximum Gasteiger partial charge on any atom is 0.246 e. The number of anilines is 1. The molecule has 0 aliphatic heterocycles. The van der Waals surface area contributed by atoms with Crippen molar-refractivity contribution < 1.29 is 9.53 Å². The summed E-state index contributed by atoms with van der Waals surface area (Å²) in [6, 6.07) is 25.2. The first-order valence-electron chi connectivity index (χ1n) is 10.9. The standard InChI is InChI=1S/C27H28N4O2/c1-20-12-13-25(33-2)24(16-20)30-27(32)26(23-10-4-3-5-11-23)28-18-21-8-6-9-22(17-21)19-31-15-7-14-29-31/h3-17,26,28H,18-19H2,1-2H3,(H,30,32). The van der Waals surface area contributed by atoms with E-state index < -0.39 is 6.04 Å². The van der Waals surface area contributed by atoms with Gasteiger partial charge in [0.1, 0.15) is 11.8 Å². The van der Waals surface area contributed by atoms with Crippen LogP contribution in [-0.4, -0.2) is 22.8 Å². The molecule has 1 heterocycles. The van der Waals surface area contributed by atoms with Gasteiger partial charge in [0.2, 0.25) is 5.91 Å². The van der Waals surface area contributed by atoms with Crippen molar-refractivity contribution in [1.29, 1.82) is 0 Å². The summed E-state index contributed by atoms with van der Waals surface area (Å²) >= 11 is 0. The van der Waals surface area contributed by atoms with Gasteiger partial charge in [0, 0.05) is 18.9 Å². The van der Waals surface area contributed by atoms with Gasteiger partial charge in [-0.25, -0.2) is 0 Å². The minimum atomic E-state index is -0.522. The lowest BCUT2D eigenvalue weighted by Crippen LogP contribution is -2.33. The van der Waals surface area contributed by atoms with Crippen molar-refractivity contribution in [3.8, 4) is 5.75 Å². The lowest BCUT2D eigenvalue weighted by Gasteiger charge is -2.20. The van der Waals surface area contributed by atoms with Crippen LogP contribution in [0.1, 0.15) is 28.3 Å². The highest BCUT2D eigenvalue weighted by molar-refractivity contribution is 5.96. The van der Waals surface area contributed by atoms with E-state index in [9.17, 15) is 4.79 Å². The van der Waals surface area contributed by atoms with E-state index in [2.05, 4.69) is 33.9 Å². The summed E-state index contributed by atoms with van der Waals surface area (Å²) in [5.41, 5.74) is 4.86. The number of methoxy groups -OCH3 is 1. The SMILES string of the molecule is COc1ccc(C)cc1NC(=O)C(NCc1cccc(Cn2cccn2)c1)c1ccccc1. The number of ether oxygens (including phenoxy) is 1. The van der Waals surface area contributed by atoms with E-state index in [0.717, 1.165) is 22.3 Å². The van der Waals surface area contributed by atoms with Crippen LogP contribution in [0.3, 0.4) is 0 Å². The van der Waals surface area contributed by atoms with Crippen molar-refractivity contribution in [2.75, 3.05) is 12.4 Å². The Kier molecular flexibility index (Phi) is 7.17. The molecule has 0 saturated heterocycles. The van der Waals surface area contributed by atoms with Crippen molar-refractivity contribution in [3.63, 3.8) is 0 Å². The molecule has 1 atom stereocenters. The molecular formula is C27H28N4O2. The molecule has 1 aromatic heterocycles. The van der Waals surface area contributed by atoms with Crippen molar-refractivity contribution in [1.82, 2.24) is 15.1 Å². The molecule has 0 bridgehead atoms. The summed E-state index contributed by atoms with van der Waals surface area (Å²) in [4.78, 5) is 13.4. The summed E-state index contributed by atoms with van der Waals surface area (Å²) in [6.45, 7) is 3.24. The molecule has 0 spiro atoms. The molecule has 3 aromatic carbocycles. The fraction of sp³-hybridized carbons (Fsp3) is 0.185. The second-order valence-corrected chi connectivity index (χ2v) is 7.94. The fourth-order valence-electron chi connectivity index (χ4n) is 3.77. The zero-order valence-electron chi connectivity index (χ0n) is 18.9. The van der Waals surface area contributed by atoms with Crippen LogP contribution in [0.15, 0.2) is 91.3 Å². The highest BCUT2D eigenvalue weighted by Crippen LogP contribution is 2.27. The Morgan fingerprint density at radius 2 is 1.82 bits per heavy atom. The first kappa shape index (κ1) is 22.3. The quantitative estimate of drug-likeness (QED) is 0.395. The number of amides is 1. The van der Waals surface area contributed by atoms with Gasteiger partial charge in [0.05, 0.1) is 19.3 Å². The van der Waals surface area contributed by atoms with Gasteiger partial charge in [-0.1, -0.05) is 60.7 Å². The smallest absolute Gasteiger partial charge is 0.246 e. The number of rotatable bonds is 9. The van der Waals surface area contributed by atoms with Gasteiger partial charge < -0.3 is 10.1 Å². The monoisotopic (exact) mass is 440 g/mol. The molecule has 0 fully saturated rings. The van der Waals surface area contributed by atoms with E-state index in [1.54, 1.807) is 13.3 Å². The molecule has 1 amide bonds. The molecule has 4 aromatic rings. The predicted molar refractivity (Wildman–Crippen MR) is 130 cm³/mol. The zero-order valence-corrected chi connectivity index (χ0v) is 18.9. The van der Waals surface area contributed by atoms with Gasteiger partial charge in [0.15, 0.2) is 0 Å². The highest BCUT2D eigenvalue weighted by atomic mass is 16.5. The minimum Gasteiger partial charge on any atom is -0.495 e. The maximum absolute atomic E-state index is 13.4. The summed E-state index contributed by atoms with van der Waals surface area (Å²) in [5.74, 6) is 0.491. The molecule has 2 N–H and O–H groups in total. The zero-order chi connectivity index (χ0) is 23.0. The average molecular weight is 441 g/mol. The summed E-state index contributed by atoms with van der Waals surface area (Å²) in [7, 11) is 1.60. The number of hydrogen-bond donors (Lipinski definition) is 2. The van der Waals surface area contributed by atoms with Crippen LogP contribution in [0.2, 0.25) is 0 Å². The fourth-order valence-corrected chi connectivity index (χ4v) is 3.77. The first-order chi connectivity index (χ1) is 16.1. The topological polar surface area (TPSA) is 68.2 Å². The lowest BCUT2D eigenvalue weighted by atomic mass is 10.0. The van der Waals surface area contributed by atoms with Crippen LogP contribution in [0.25, 0.3) is 0 Å². The van der Waals surface area contributed by atoms with Crippen molar-refractivity contribution in [2.24, 2.45) is 0 Å². The van der Waals surface area contributed by atoms with Gasteiger partial charge in [-0.15, -0.1) is 0 Å². The van der Waals surface area contributed by atoms with E-state index in [1.807, 2.05) is 78.5 Å². The van der Waals surface area contributed by atoms with Crippen LogP contribution in [0.4, 0.5) is 5.69 Å². The predicted octanol–water partition coefficient (Wildman–Crippen LogP) is 4.72. The third kappa shape index (κ3) is 5.87. The molecule has 6 heteroatoms. The molecule has 168 valence electrons. The lowest BCUT2D eigenvalue weighted by molar-refractivity contribution is -0.118. The molecule has 1 unspecified atom stereocenters. The van der Waals surface area contributed by atoms with E-state index >= 15 is 0 Å². The molecular weight excluding hydrogens is 412 g/mol. The van der Waals surface area contributed by atoms with Gasteiger partial charge >= 0.3 is 0 Å². The Balaban J connectivity index is 1.51. The third-order valence-corrected chi connectivity index (χ3v) is 5.41. The van der Waals surface area contributed by atoms with Crippen LogP contribution in [0, 0.1) is 6.92 Å². The molecule has 0 saturated carbocycles. The Morgan fingerprint density at radius 3 is 2.58 bits per heavy atom. The van der Waals surface area contributed by atoms with Crippen LogP contribution >= 0.6 is 0 Å². The maximum atomic E-state index is 13.4. The van der Waals surface area contributed by atoms with E-state index in [1.165, 1.54) is 0 Å². The van der Waals surface area contributed by atoms with E-state index in [-0.39, 0.29) is 5.91 Å². The second kappa shape index (κ2) is 10.6. The van der Waals surface area contributed by atoms with E-state index in [0.29, 0.717) is 24.5 Å². The molecule has 4 rings (SSSR count). The molecule has 6 nitrogen and oxygen atoms in total. The Bertz CT molecular complexity index is 1190. The summed E-state index contributed by atoms with van der Waals surface area (Å²) in [6.07, 6.45) is 3.72. The number of nitrogens with one attached hydrogen (secondary N) is 2. The van der Waals surface area contributed by atoms with Crippen molar-refractivity contribution in [3.05, 3.63) is 114 Å². The van der Waals surface area contributed by atoms with Gasteiger partial charge in [-0.05, 0) is 47.4 Å². The van der Waals surface area contributed by atoms with Gasteiger partial charge in [0.25, 0.3) is 0 Å². The van der Waals surface area contributed by atoms with Gasteiger partial charge in [-0.2, -0.15) is 5.10 Å². The highest BCUT2D eigenvalue weighted by Gasteiger charge is 2.21. The normalized spacial score (nSPS) is 11.7. The minimum absolute atomic E-state index is 0.141. The van der Waals surface area contributed by atoms with Crippen molar-refractivity contribution in [2.45, 2.75) is 26.1 Å². The second-order valence-electron chi connectivity index (χ2n) is 7.94. The van der Waals surface area contributed by atoms with Crippen LogP contribution in [-0.2, 0) is 17.9 Å². The third-order valence-electron chi connectivity index (χ3n) is 5.41. The number of aromatic nitrogens is 2. The summed E-state index contributed by atoms with van der Waals surface area (Å²) in [5, 5.41) is 10.8. The van der Waals surface area contributed by atoms with E-state index in [4.69, 9.17) is 4.74 Å². The van der Waals surface area contributed by atoms with Crippen LogP contribution in [0.5, 0.6) is 5.75 Å². The largest absolute Gasteiger partial charge is 0.495 e. The average Bonchev–Trinajstić information content (AvgIpc) is 3.33. The van der Waals surface area contributed by atoms with Crippen LogP contribution < -0.4 is 15.4 Å². The summed E-state index contributed by atoms with van der Waals surface area (Å²) < 4.78 is 7.32. The molecule has 0 aliphatic carbocycles. The Hall–Kier alpha value is -3.90. The number of benzene rings is 3. The Labute approximate surface area is 194 Å². The number of hydrogen-bond acceptors (Lipinski definition) is 4. The first-order valence-corrected chi connectivity index (χ1v) is 10.9. The molecule has 0 aliphatic rings. The molecule has 0 radical (unpaired) electrons. The van der Waals surface area contributed by atoms with Crippen molar-refractivity contribution >= 4 is 11.6 Å². The Morgan fingerprint density at radius 1 is 1.00 bits per heavy atom.